The van der Waals surface area contributed by atoms with Gasteiger partial charge >= 0.3 is 12.1 Å². The number of cyclic esters (lactones) is 1. The Hall–Kier alpha value is -3.67. The van der Waals surface area contributed by atoms with E-state index in [4.69, 9.17) is 29.4 Å². The van der Waals surface area contributed by atoms with Crippen LogP contribution < -0.4 is 11.1 Å². The van der Waals surface area contributed by atoms with Crippen LogP contribution in [-0.4, -0.2) is 142 Å². The van der Waals surface area contributed by atoms with Crippen LogP contribution in [0, 0.1) is 11.8 Å². The largest absolute Gasteiger partial charge is 0.458 e. The molecule has 16 heteroatoms. The van der Waals surface area contributed by atoms with E-state index in [2.05, 4.69) is 22.6 Å². The molecular formula is C47H87N7O9. The Morgan fingerprint density at radius 1 is 1.03 bits per heavy atom. The standard InChI is InChI=1S/C42H67N7O9.5CH4/c1-11-34-42(7)37(49(40(53)58-42)18-13-12-17-48-24-31(45-46-48)29-15-14-16-30(43)20-29)28(5)44-23-25(2)22-41(6,54-10)35(21-33(50)27(4)38(52)56-34)57-39-36(51)32(47(8)9)19-26(3)55-39;;;;;/h14-16,20,24-28,32,34-37,39,44,51H,11-13,17-19,21-23,43H2,1-10H3;5*1H4/t25-,26?,27-,28-,32?,34-,35-,36?,37-,39+,41+,42-;;;;;/m1...../s1. The first-order chi connectivity index (χ1) is 27.4. The number of unbranched alkanes of at least 4 members (excludes halogenated alkanes) is 1. The molecule has 364 valence electrons. The van der Waals surface area contributed by atoms with Gasteiger partial charge in [-0.3, -0.25) is 19.2 Å². The SMILES string of the molecule is C.C.C.C.C.CC[C@H]1OC(=O)[C@H](C)C(=O)C[C@@H](O[C@@H]2OC(C)CC(N(C)C)C2O)[C@@](C)(OC)C[C@@H](C)CN[C@H](C)[C@H]2N(CCCCn3cc(-c4cccc(N)c4)nn3)C(=O)O[C@]12C. The van der Waals surface area contributed by atoms with E-state index in [1.807, 2.05) is 84.1 Å². The van der Waals surface area contributed by atoms with Crippen LogP contribution in [0.5, 0.6) is 0 Å². The number of rotatable bonds is 11. The normalized spacial score (nSPS) is 32.8. The molecule has 4 N–H and O–H groups in total. The fraction of sp³-hybridized carbons (Fsp3) is 0.766. The van der Waals surface area contributed by atoms with Crippen LogP contribution in [0.3, 0.4) is 0 Å². The first-order valence-corrected chi connectivity index (χ1v) is 20.8. The molecule has 12 atom stereocenters. The number of benzene rings is 1. The Bertz CT molecular complexity index is 1710. The number of aryl methyl sites for hydroxylation is 1. The number of ether oxygens (including phenoxy) is 5. The number of nitrogens with two attached hydrogens (primary N) is 1. The summed E-state index contributed by atoms with van der Waals surface area (Å²) < 4.78 is 33.0. The quantitative estimate of drug-likeness (QED) is 0.0886. The molecule has 3 aliphatic heterocycles. The predicted molar refractivity (Wildman–Crippen MR) is 251 cm³/mol. The van der Waals surface area contributed by atoms with Crippen molar-refractivity contribution in [2.24, 2.45) is 11.8 Å². The highest BCUT2D eigenvalue weighted by Gasteiger charge is 2.58. The number of hydrogen-bond acceptors (Lipinski definition) is 14. The van der Waals surface area contributed by atoms with Gasteiger partial charge in [-0.25, -0.2) is 4.79 Å². The number of nitrogen functional groups attached to an aromatic ring is 1. The minimum Gasteiger partial charge on any atom is -0.458 e. The maximum absolute atomic E-state index is 14.0. The van der Waals surface area contributed by atoms with Gasteiger partial charge in [0.05, 0.1) is 30.0 Å². The van der Waals surface area contributed by atoms with Crippen LogP contribution in [0.15, 0.2) is 30.5 Å². The number of nitrogens with zero attached hydrogens (tertiary/aromatic N) is 5. The minimum absolute atomic E-state index is 0. The molecule has 4 heterocycles. The summed E-state index contributed by atoms with van der Waals surface area (Å²) in [5.41, 5.74) is 5.98. The summed E-state index contributed by atoms with van der Waals surface area (Å²) in [5, 5.41) is 23.6. The Labute approximate surface area is 380 Å². The number of Topliss-reactive ketones (excluding diaryl/α,β-unsaturated/α-hetero) is 1. The molecule has 3 fully saturated rings. The van der Waals surface area contributed by atoms with Crippen LogP contribution in [0.25, 0.3) is 11.3 Å². The molecule has 3 aliphatic rings. The smallest absolute Gasteiger partial charge is 0.410 e. The Balaban J connectivity index is 0.00000769. The zero-order chi connectivity index (χ0) is 42.5. The van der Waals surface area contributed by atoms with Gasteiger partial charge < -0.3 is 44.7 Å². The van der Waals surface area contributed by atoms with Crippen LogP contribution in [-0.2, 0) is 39.8 Å². The van der Waals surface area contributed by atoms with E-state index in [9.17, 15) is 19.5 Å². The number of amides is 1. The highest BCUT2D eigenvalue weighted by atomic mass is 16.7. The molecule has 1 aromatic carbocycles. The highest BCUT2D eigenvalue weighted by Crippen LogP contribution is 2.39. The Kier molecular flexibility index (Phi) is 23.7. The summed E-state index contributed by atoms with van der Waals surface area (Å²) in [6.45, 7) is 14.7. The topological polar surface area (TPSA) is 193 Å². The number of aromatic nitrogens is 3. The fourth-order valence-corrected chi connectivity index (χ4v) is 8.95. The second-order valence-corrected chi connectivity index (χ2v) is 17.3. The molecule has 0 bridgehead atoms. The van der Waals surface area contributed by atoms with Crippen molar-refractivity contribution in [3.8, 4) is 11.3 Å². The predicted octanol–water partition coefficient (Wildman–Crippen LogP) is 7.22. The van der Waals surface area contributed by atoms with E-state index >= 15 is 0 Å². The number of nitrogens with one attached hydrogen (secondary N) is 1. The number of anilines is 1. The summed E-state index contributed by atoms with van der Waals surface area (Å²) >= 11 is 0. The van der Waals surface area contributed by atoms with Crippen LogP contribution in [0.1, 0.15) is 124 Å². The first-order valence-electron chi connectivity index (χ1n) is 20.8. The fourth-order valence-electron chi connectivity index (χ4n) is 8.95. The summed E-state index contributed by atoms with van der Waals surface area (Å²) in [6, 6.07) is 6.47. The van der Waals surface area contributed by atoms with Crippen molar-refractivity contribution < 1.29 is 43.2 Å². The van der Waals surface area contributed by atoms with E-state index in [1.165, 1.54) is 6.92 Å². The molecule has 1 aromatic heterocycles. The van der Waals surface area contributed by atoms with Crippen LogP contribution in [0.2, 0.25) is 0 Å². The maximum Gasteiger partial charge on any atom is 0.410 e. The molecule has 0 radical (unpaired) electrons. The number of likely N-dealkylation sites (N-methyl/N-ethyl adjacent to an activating group) is 1. The number of carbonyl (C=O) groups is 3. The molecule has 3 unspecified atom stereocenters. The second kappa shape index (κ2) is 25.1. The van der Waals surface area contributed by atoms with Crippen molar-refractivity contribution in [1.82, 2.24) is 30.1 Å². The number of carbonyl (C=O) groups excluding carboxylic acids is 3. The lowest BCUT2D eigenvalue weighted by molar-refractivity contribution is -0.289. The molecule has 16 nitrogen and oxygen atoms in total. The molecule has 63 heavy (non-hydrogen) atoms. The Morgan fingerprint density at radius 3 is 2.32 bits per heavy atom. The van der Waals surface area contributed by atoms with Crippen molar-refractivity contribution in [3.63, 3.8) is 0 Å². The summed E-state index contributed by atoms with van der Waals surface area (Å²) in [6.07, 6.45) is 0.116. The molecule has 0 saturated carbocycles. The van der Waals surface area contributed by atoms with Gasteiger partial charge in [0.25, 0.3) is 0 Å². The van der Waals surface area contributed by atoms with Gasteiger partial charge in [0.2, 0.25) is 0 Å². The van der Waals surface area contributed by atoms with Crippen molar-refractivity contribution in [2.45, 2.75) is 191 Å². The van der Waals surface area contributed by atoms with Crippen molar-refractivity contribution >= 4 is 23.5 Å². The van der Waals surface area contributed by atoms with Crippen LogP contribution >= 0.6 is 0 Å². The highest BCUT2D eigenvalue weighted by molar-refractivity contribution is 5.99. The first kappa shape index (κ1) is 59.3. The molecule has 5 rings (SSSR count). The van der Waals surface area contributed by atoms with E-state index in [0.717, 1.165) is 11.3 Å². The number of ketones is 1. The minimum atomic E-state index is -1.22. The number of aliphatic hydroxyl groups is 1. The molecule has 2 aromatic rings. The average molecular weight is 894 g/mol. The van der Waals surface area contributed by atoms with Gasteiger partial charge in [-0.2, -0.15) is 0 Å². The number of esters is 1. The summed E-state index contributed by atoms with van der Waals surface area (Å²) in [7, 11) is 5.38. The van der Waals surface area contributed by atoms with Gasteiger partial charge in [-0.05, 0) is 105 Å². The lowest BCUT2D eigenvalue weighted by Gasteiger charge is -2.45. The van der Waals surface area contributed by atoms with Crippen molar-refractivity contribution in [3.05, 3.63) is 30.5 Å². The van der Waals surface area contributed by atoms with E-state index in [0.29, 0.717) is 57.4 Å². The summed E-state index contributed by atoms with van der Waals surface area (Å²) in [5.74, 6) is -2.27. The number of aliphatic hydroxyl groups excluding tert-OH is 1. The number of methoxy groups -OCH3 is 1. The van der Waals surface area contributed by atoms with Crippen molar-refractivity contribution in [2.75, 3.05) is 40.0 Å². The monoisotopic (exact) mass is 894 g/mol. The molecule has 1 amide bonds. The van der Waals surface area contributed by atoms with Gasteiger partial charge in [0, 0.05) is 50.0 Å². The molecular weight excluding hydrogens is 807 g/mol. The zero-order valence-electron chi connectivity index (χ0n) is 36.1. The van der Waals surface area contributed by atoms with Gasteiger partial charge in [-0.1, -0.05) is 68.3 Å². The van der Waals surface area contributed by atoms with E-state index < -0.39 is 65.6 Å². The summed E-state index contributed by atoms with van der Waals surface area (Å²) in [4.78, 5) is 45.4. The van der Waals surface area contributed by atoms with E-state index in [1.54, 1.807) is 16.7 Å². The van der Waals surface area contributed by atoms with Gasteiger partial charge in [0.15, 0.2) is 11.9 Å². The third-order valence-corrected chi connectivity index (χ3v) is 12.5. The number of hydrogen-bond donors (Lipinski definition) is 3. The number of fused-ring (bicyclic) bond motifs is 1. The average Bonchev–Trinajstić information content (AvgIpc) is 3.76. The van der Waals surface area contributed by atoms with Crippen molar-refractivity contribution in [1.29, 1.82) is 0 Å². The second-order valence-electron chi connectivity index (χ2n) is 17.3. The van der Waals surface area contributed by atoms with Crippen LogP contribution in [0.4, 0.5) is 10.5 Å². The zero-order valence-corrected chi connectivity index (χ0v) is 36.1. The Morgan fingerprint density at radius 2 is 1.70 bits per heavy atom. The van der Waals surface area contributed by atoms with E-state index in [-0.39, 0.29) is 67.7 Å². The maximum atomic E-state index is 14.0. The molecule has 0 aliphatic carbocycles. The van der Waals surface area contributed by atoms with Gasteiger partial charge in [0.1, 0.15) is 29.6 Å². The lowest BCUT2D eigenvalue weighted by atomic mass is 9.83. The molecule has 0 spiro atoms. The van der Waals surface area contributed by atoms with Gasteiger partial charge in [-0.15, -0.1) is 5.10 Å². The third kappa shape index (κ3) is 13.7. The lowest BCUT2D eigenvalue weighted by Crippen LogP contribution is -2.61. The third-order valence-electron chi connectivity index (χ3n) is 12.5. The molecule has 3 saturated heterocycles.